The predicted molar refractivity (Wildman–Crippen MR) is 91.5 cm³/mol. The van der Waals surface area contributed by atoms with E-state index in [1.165, 1.54) is 7.11 Å². The van der Waals surface area contributed by atoms with Crippen LogP contribution in [0.1, 0.15) is 21.6 Å². The third-order valence-electron chi connectivity index (χ3n) is 3.72. The summed E-state index contributed by atoms with van der Waals surface area (Å²) in [5, 5.41) is 5.41. The lowest BCUT2D eigenvalue weighted by Crippen LogP contribution is -2.42. The van der Waals surface area contributed by atoms with Crippen molar-refractivity contribution in [3.05, 3.63) is 35.0 Å². The number of carbonyl (C=O) groups excluding carboxylic acids is 3. The number of nitrogens with one attached hydrogen (secondary N) is 3. The van der Waals surface area contributed by atoms with Gasteiger partial charge in [-0.05, 0) is 37.6 Å². The Kier molecular flexibility index (Phi) is 6.13. The largest absolute Gasteiger partial charge is 0.452 e. The van der Waals surface area contributed by atoms with Crippen LogP contribution in [0, 0.1) is 13.8 Å². The lowest BCUT2D eigenvalue weighted by atomic mass is 10.1. The maximum atomic E-state index is 12.1. The van der Waals surface area contributed by atoms with Gasteiger partial charge >= 0.3 is 12.0 Å². The zero-order chi connectivity index (χ0) is 18.4. The van der Waals surface area contributed by atoms with Crippen molar-refractivity contribution in [1.82, 2.24) is 15.6 Å². The smallest absolute Gasteiger partial charge is 0.338 e. The number of imide groups is 1. The Morgan fingerprint density at radius 3 is 2.68 bits per heavy atom. The first-order chi connectivity index (χ1) is 11.9. The van der Waals surface area contributed by atoms with Crippen molar-refractivity contribution in [1.29, 1.82) is 0 Å². The number of carbonyl (C=O) groups is 3. The quantitative estimate of drug-likeness (QED) is 0.541. The number of benzene rings is 1. The van der Waals surface area contributed by atoms with Crippen molar-refractivity contribution < 1.29 is 23.9 Å². The number of aromatic nitrogens is 1. The highest BCUT2D eigenvalue weighted by atomic mass is 16.5. The van der Waals surface area contributed by atoms with Gasteiger partial charge in [-0.25, -0.2) is 9.59 Å². The summed E-state index contributed by atoms with van der Waals surface area (Å²) in [6.07, 6.45) is 0. The number of aromatic amines is 1. The molecular weight excluding hydrogens is 326 g/mol. The molecule has 0 fully saturated rings. The van der Waals surface area contributed by atoms with Crippen LogP contribution in [-0.4, -0.2) is 49.8 Å². The van der Waals surface area contributed by atoms with Crippen LogP contribution < -0.4 is 10.6 Å². The van der Waals surface area contributed by atoms with Crippen LogP contribution in [0.3, 0.4) is 0 Å². The second kappa shape index (κ2) is 8.29. The van der Waals surface area contributed by atoms with Crippen molar-refractivity contribution in [2.24, 2.45) is 0 Å². The van der Waals surface area contributed by atoms with E-state index >= 15 is 0 Å². The van der Waals surface area contributed by atoms with Crippen molar-refractivity contribution >= 4 is 28.8 Å². The van der Waals surface area contributed by atoms with E-state index < -0.39 is 24.5 Å². The molecule has 0 saturated carbocycles. The Labute approximate surface area is 144 Å². The number of fused-ring (bicyclic) bond motifs is 1. The minimum absolute atomic E-state index is 0.269. The Morgan fingerprint density at radius 2 is 1.96 bits per heavy atom. The standard InChI is InChI=1S/C17H21N3O5/c1-10-11(2)19-14-5-4-12(8-13(10)14)16(22)25-9-15(21)20-17(23)18-6-7-24-3/h4-5,8,19H,6-7,9H2,1-3H3,(H2,18,20,21,23). The molecule has 3 N–H and O–H groups in total. The summed E-state index contributed by atoms with van der Waals surface area (Å²) in [6, 6.07) is 4.45. The van der Waals surface area contributed by atoms with Gasteiger partial charge in [-0.15, -0.1) is 0 Å². The molecule has 2 rings (SSSR count). The van der Waals surface area contributed by atoms with Gasteiger partial charge in [0.05, 0.1) is 12.2 Å². The van der Waals surface area contributed by atoms with Gasteiger partial charge in [-0.1, -0.05) is 0 Å². The molecule has 0 bridgehead atoms. The van der Waals surface area contributed by atoms with E-state index in [4.69, 9.17) is 9.47 Å². The third kappa shape index (κ3) is 4.80. The summed E-state index contributed by atoms with van der Waals surface area (Å²) in [7, 11) is 1.50. The number of aryl methyl sites for hydroxylation is 2. The van der Waals surface area contributed by atoms with Gasteiger partial charge in [0, 0.05) is 30.3 Å². The molecule has 0 atom stereocenters. The van der Waals surface area contributed by atoms with Crippen LogP contribution >= 0.6 is 0 Å². The first-order valence-corrected chi connectivity index (χ1v) is 7.75. The number of methoxy groups -OCH3 is 1. The average Bonchev–Trinajstić information content (AvgIpc) is 2.87. The highest BCUT2D eigenvalue weighted by molar-refractivity contribution is 5.98. The summed E-state index contributed by atoms with van der Waals surface area (Å²) < 4.78 is 9.71. The van der Waals surface area contributed by atoms with Crippen LogP contribution in [-0.2, 0) is 14.3 Å². The number of hydrogen-bond donors (Lipinski definition) is 3. The average molecular weight is 347 g/mol. The number of ether oxygens (including phenoxy) is 2. The van der Waals surface area contributed by atoms with E-state index in [0.29, 0.717) is 12.2 Å². The molecule has 0 saturated heterocycles. The number of amides is 3. The van der Waals surface area contributed by atoms with Gasteiger partial charge in [0.1, 0.15) is 0 Å². The number of rotatable bonds is 6. The molecule has 0 aliphatic heterocycles. The summed E-state index contributed by atoms with van der Waals surface area (Å²) >= 11 is 0. The van der Waals surface area contributed by atoms with Gasteiger partial charge in [-0.2, -0.15) is 0 Å². The van der Waals surface area contributed by atoms with Gasteiger partial charge in [0.2, 0.25) is 0 Å². The fraction of sp³-hybridized carbons (Fsp3) is 0.353. The molecule has 0 aliphatic rings. The lowest BCUT2D eigenvalue weighted by molar-refractivity contribution is -0.123. The van der Waals surface area contributed by atoms with Crippen LogP contribution in [0.15, 0.2) is 18.2 Å². The zero-order valence-corrected chi connectivity index (χ0v) is 14.4. The van der Waals surface area contributed by atoms with Gasteiger partial charge in [0.15, 0.2) is 6.61 Å². The fourth-order valence-electron chi connectivity index (χ4n) is 2.28. The molecule has 1 aromatic carbocycles. The monoisotopic (exact) mass is 347 g/mol. The van der Waals surface area contributed by atoms with Crippen molar-refractivity contribution in [3.8, 4) is 0 Å². The SMILES string of the molecule is COCCNC(=O)NC(=O)COC(=O)c1ccc2[nH]c(C)c(C)c2c1. The highest BCUT2D eigenvalue weighted by Crippen LogP contribution is 2.22. The maximum Gasteiger partial charge on any atom is 0.338 e. The van der Waals surface area contributed by atoms with E-state index in [0.717, 1.165) is 22.2 Å². The van der Waals surface area contributed by atoms with Crippen LogP contribution in [0.2, 0.25) is 0 Å². The van der Waals surface area contributed by atoms with E-state index in [-0.39, 0.29) is 6.54 Å². The second-order valence-electron chi connectivity index (χ2n) is 5.51. The number of hydrogen-bond acceptors (Lipinski definition) is 5. The minimum Gasteiger partial charge on any atom is -0.452 e. The Bertz CT molecular complexity index is 797. The van der Waals surface area contributed by atoms with E-state index in [9.17, 15) is 14.4 Å². The van der Waals surface area contributed by atoms with E-state index in [1.807, 2.05) is 13.8 Å². The number of esters is 1. The zero-order valence-electron chi connectivity index (χ0n) is 14.4. The molecule has 8 nitrogen and oxygen atoms in total. The molecule has 0 unspecified atom stereocenters. The molecule has 2 aromatic rings. The summed E-state index contributed by atoms with van der Waals surface area (Å²) in [5.74, 6) is -1.34. The third-order valence-corrected chi connectivity index (χ3v) is 3.72. The van der Waals surface area contributed by atoms with E-state index in [2.05, 4.69) is 15.6 Å². The molecule has 0 spiro atoms. The molecule has 3 amide bonds. The molecule has 0 aliphatic carbocycles. The maximum absolute atomic E-state index is 12.1. The molecule has 25 heavy (non-hydrogen) atoms. The minimum atomic E-state index is -0.710. The van der Waals surface area contributed by atoms with Crippen molar-refractivity contribution in [2.75, 3.05) is 26.9 Å². The van der Waals surface area contributed by atoms with Crippen molar-refractivity contribution in [3.63, 3.8) is 0 Å². The summed E-state index contributed by atoms with van der Waals surface area (Å²) in [4.78, 5) is 38.3. The molecule has 1 heterocycles. The summed E-state index contributed by atoms with van der Waals surface area (Å²) in [5.41, 5.74) is 3.35. The number of H-pyrrole nitrogens is 1. The molecular formula is C17H21N3O5. The van der Waals surface area contributed by atoms with Crippen LogP contribution in [0.4, 0.5) is 4.79 Å². The van der Waals surface area contributed by atoms with Crippen molar-refractivity contribution in [2.45, 2.75) is 13.8 Å². The van der Waals surface area contributed by atoms with Crippen LogP contribution in [0.5, 0.6) is 0 Å². The fourth-order valence-corrected chi connectivity index (χ4v) is 2.28. The van der Waals surface area contributed by atoms with Gasteiger partial charge in [-0.3, -0.25) is 10.1 Å². The summed E-state index contributed by atoms with van der Waals surface area (Å²) in [6.45, 7) is 3.97. The first-order valence-electron chi connectivity index (χ1n) is 7.75. The van der Waals surface area contributed by atoms with Gasteiger partial charge < -0.3 is 19.8 Å². The Morgan fingerprint density at radius 1 is 1.20 bits per heavy atom. The Hall–Kier alpha value is -2.87. The molecule has 0 radical (unpaired) electrons. The highest BCUT2D eigenvalue weighted by Gasteiger charge is 2.14. The second-order valence-corrected chi connectivity index (χ2v) is 5.51. The van der Waals surface area contributed by atoms with E-state index in [1.54, 1.807) is 18.2 Å². The number of urea groups is 1. The Balaban J connectivity index is 1.88. The lowest BCUT2D eigenvalue weighted by Gasteiger charge is -2.07. The molecule has 1 aromatic heterocycles. The molecule has 8 heteroatoms. The first kappa shape index (κ1) is 18.5. The normalized spacial score (nSPS) is 10.5. The topological polar surface area (TPSA) is 110 Å². The van der Waals surface area contributed by atoms with Gasteiger partial charge in [0.25, 0.3) is 5.91 Å². The van der Waals surface area contributed by atoms with Crippen LogP contribution in [0.25, 0.3) is 10.9 Å². The predicted octanol–water partition coefficient (Wildman–Crippen LogP) is 1.41. The molecule has 134 valence electrons.